The molecule has 0 aromatic heterocycles. The fourth-order valence-corrected chi connectivity index (χ4v) is 2.81. The monoisotopic (exact) mass is 281 g/mol. The van der Waals surface area contributed by atoms with E-state index in [0.29, 0.717) is 16.8 Å². The summed E-state index contributed by atoms with van der Waals surface area (Å²) in [5.41, 5.74) is 0.738. The first-order valence-electron chi connectivity index (χ1n) is 6.58. The molecule has 1 unspecified atom stereocenters. The van der Waals surface area contributed by atoms with E-state index in [1.807, 2.05) is 0 Å². The van der Waals surface area contributed by atoms with Gasteiger partial charge in [-0.2, -0.15) is 0 Å². The van der Waals surface area contributed by atoms with Crippen molar-refractivity contribution in [3.05, 3.63) is 33.3 Å². The van der Waals surface area contributed by atoms with Gasteiger partial charge in [-0.1, -0.05) is 11.6 Å². The van der Waals surface area contributed by atoms with Gasteiger partial charge in [-0.15, -0.1) is 0 Å². The first-order chi connectivity index (χ1) is 9.13. The first-order valence-corrected chi connectivity index (χ1v) is 6.96. The van der Waals surface area contributed by atoms with Crippen molar-refractivity contribution < 1.29 is 4.92 Å². The molecule has 5 nitrogen and oxygen atoms in total. The quantitative estimate of drug-likeness (QED) is 0.681. The van der Waals surface area contributed by atoms with Crippen molar-refractivity contribution in [3.8, 4) is 0 Å². The van der Waals surface area contributed by atoms with Crippen LogP contribution in [0.2, 0.25) is 5.02 Å². The van der Waals surface area contributed by atoms with Crippen molar-refractivity contribution in [2.45, 2.75) is 31.3 Å². The number of nitrogens with zero attached hydrogens (tertiary/aromatic N) is 2. The van der Waals surface area contributed by atoms with Crippen molar-refractivity contribution in [1.29, 1.82) is 0 Å². The minimum Gasteiger partial charge on any atom is -0.380 e. The highest BCUT2D eigenvalue weighted by atomic mass is 35.5. The van der Waals surface area contributed by atoms with Crippen LogP contribution in [0.25, 0.3) is 0 Å². The molecule has 1 aromatic carbocycles. The van der Waals surface area contributed by atoms with Gasteiger partial charge in [-0.05, 0) is 25.3 Å². The van der Waals surface area contributed by atoms with Crippen LogP contribution in [-0.4, -0.2) is 35.0 Å². The summed E-state index contributed by atoms with van der Waals surface area (Å²) in [7, 11) is 0. The van der Waals surface area contributed by atoms with Crippen LogP contribution in [0.1, 0.15) is 19.3 Å². The second-order valence-electron chi connectivity index (χ2n) is 5.28. The minimum atomic E-state index is -0.396. The van der Waals surface area contributed by atoms with E-state index in [4.69, 9.17) is 11.6 Å². The van der Waals surface area contributed by atoms with Gasteiger partial charge in [0.05, 0.1) is 15.6 Å². The Balaban J connectivity index is 1.68. The largest absolute Gasteiger partial charge is 0.380 e. The molecular formula is C13H16ClN3O2. The van der Waals surface area contributed by atoms with Crippen molar-refractivity contribution in [1.82, 2.24) is 4.90 Å². The Kier molecular flexibility index (Phi) is 3.33. The van der Waals surface area contributed by atoms with E-state index in [-0.39, 0.29) is 5.69 Å². The lowest BCUT2D eigenvalue weighted by atomic mass is 10.2. The number of halogens is 1. The molecule has 0 bridgehead atoms. The molecule has 1 saturated heterocycles. The highest BCUT2D eigenvalue weighted by Gasteiger charge is 2.34. The zero-order valence-electron chi connectivity index (χ0n) is 10.5. The Morgan fingerprint density at radius 1 is 1.37 bits per heavy atom. The molecule has 1 aromatic rings. The molecule has 3 rings (SSSR count). The topological polar surface area (TPSA) is 58.4 Å². The fourth-order valence-electron chi connectivity index (χ4n) is 2.63. The number of nitrogens with one attached hydrogen (secondary N) is 1. The van der Waals surface area contributed by atoms with Crippen LogP contribution in [0.3, 0.4) is 0 Å². The van der Waals surface area contributed by atoms with Gasteiger partial charge in [0.2, 0.25) is 0 Å². The summed E-state index contributed by atoms with van der Waals surface area (Å²) >= 11 is 6.09. The third-order valence-corrected chi connectivity index (χ3v) is 4.13. The lowest BCUT2D eigenvalue weighted by Crippen LogP contribution is -2.27. The molecule has 1 aliphatic heterocycles. The summed E-state index contributed by atoms with van der Waals surface area (Å²) in [5.74, 6) is 0. The summed E-state index contributed by atoms with van der Waals surface area (Å²) in [6.07, 6.45) is 3.68. The summed E-state index contributed by atoms with van der Waals surface area (Å²) in [4.78, 5) is 12.9. The molecule has 1 aliphatic carbocycles. The molecule has 19 heavy (non-hydrogen) atoms. The SMILES string of the molecule is O=[N+]([O-])c1ccc(Cl)c(NC2CCN(C3CC3)C2)c1. The van der Waals surface area contributed by atoms with Crippen molar-refractivity contribution in [3.63, 3.8) is 0 Å². The zero-order valence-corrected chi connectivity index (χ0v) is 11.3. The maximum absolute atomic E-state index is 10.8. The van der Waals surface area contributed by atoms with Gasteiger partial charge in [-0.3, -0.25) is 15.0 Å². The highest BCUT2D eigenvalue weighted by molar-refractivity contribution is 6.33. The predicted molar refractivity (Wildman–Crippen MR) is 74.7 cm³/mol. The number of benzene rings is 1. The summed E-state index contributed by atoms with van der Waals surface area (Å²) in [5, 5.41) is 14.7. The number of non-ortho nitro benzene ring substituents is 1. The number of anilines is 1. The van der Waals surface area contributed by atoms with Crippen LogP contribution in [0, 0.1) is 10.1 Å². The fraction of sp³-hybridized carbons (Fsp3) is 0.538. The normalized spacial score (nSPS) is 23.5. The molecule has 102 valence electrons. The third-order valence-electron chi connectivity index (χ3n) is 3.80. The highest BCUT2D eigenvalue weighted by Crippen LogP contribution is 2.32. The van der Waals surface area contributed by atoms with Gasteiger partial charge in [0.1, 0.15) is 0 Å². The lowest BCUT2D eigenvalue weighted by molar-refractivity contribution is -0.384. The third kappa shape index (κ3) is 2.82. The van der Waals surface area contributed by atoms with Crippen LogP contribution in [0.15, 0.2) is 18.2 Å². The first kappa shape index (κ1) is 12.7. The maximum atomic E-state index is 10.8. The predicted octanol–water partition coefficient (Wildman–Crippen LogP) is 2.90. The molecule has 0 radical (unpaired) electrons. The second-order valence-corrected chi connectivity index (χ2v) is 5.68. The van der Waals surface area contributed by atoms with Gasteiger partial charge in [0.15, 0.2) is 0 Å². The molecule has 2 fully saturated rings. The van der Waals surface area contributed by atoms with E-state index in [0.717, 1.165) is 25.6 Å². The molecular weight excluding hydrogens is 266 g/mol. The van der Waals surface area contributed by atoms with Gasteiger partial charge >= 0.3 is 0 Å². The molecule has 0 amide bonds. The Labute approximate surface area is 116 Å². The minimum absolute atomic E-state index is 0.0731. The number of nitro benzene ring substituents is 1. The Morgan fingerprint density at radius 3 is 2.84 bits per heavy atom. The summed E-state index contributed by atoms with van der Waals surface area (Å²) in [6, 6.07) is 5.63. The zero-order chi connectivity index (χ0) is 13.4. The molecule has 1 heterocycles. The number of likely N-dealkylation sites (tertiary alicyclic amines) is 1. The smallest absolute Gasteiger partial charge is 0.271 e. The summed E-state index contributed by atoms with van der Waals surface area (Å²) < 4.78 is 0. The van der Waals surface area contributed by atoms with Crippen molar-refractivity contribution in [2.75, 3.05) is 18.4 Å². The standard InChI is InChI=1S/C13H16ClN3O2/c14-12-4-3-11(17(18)19)7-13(12)15-9-5-6-16(8-9)10-1-2-10/h3-4,7,9-10,15H,1-2,5-6,8H2. The van der Waals surface area contributed by atoms with E-state index in [2.05, 4.69) is 10.2 Å². The van der Waals surface area contributed by atoms with E-state index >= 15 is 0 Å². The van der Waals surface area contributed by atoms with Gasteiger partial charge in [-0.25, -0.2) is 0 Å². The van der Waals surface area contributed by atoms with Crippen molar-refractivity contribution in [2.24, 2.45) is 0 Å². The van der Waals surface area contributed by atoms with Crippen LogP contribution >= 0.6 is 11.6 Å². The number of hydrogen-bond donors (Lipinski definition) is 1. The van der Waals surface area contributed by atoms with Crippen LogP contribution < -0.4 is 5.32 Å². The van der Waals surface area contributed by atoms with E-state index in [1.54, 1.807) is 6.07 Å². The molecule has 2 aliphatic rings. The average Bonchev–Trinajstić information content (AvgIpc) is 3.13. The van der Waals surface area contributed by atoms with Gasteiger partial charge < -0.3 is 5.32 Å². The number of nitro groups is 1. The van der Waals surface area contributed by atoms with E-state index in [9.17, 15) is 10.1 Å². The Bertz CT molecular complexity index is 505. The van der Waals surface area contributed by atoms with E-state index in [1.165, 1.54) is 25.0 Å². The van der Waals surface area contributed by atoms with Crippen LogP contribution in [-0.2, 0) is 0 Å². The van der Waals surface area contributed by atoms with Crippen molar-refractivity contribution >= 4 is 23.0 Å². The Hall–Kier alpha value is -1.33. The molecule has 0 spiro atoms. The number of hydrogen-bond acceptors (Lipinski definition) is 4. The van der Waals surface area contributed by atoms with Crippen LogP contribution in [0.4, 0.5) is 11.4 Å². The molecule has 1 atom stereocenters. The average molecular weight is 282 g/mol. The molecule has 6 heteroatoms. The lowest BCUT2D eigenvalue weighted by Gasteiger charge is -2.17. The summed E-state index contributed by atoms with van der Waals surface area (Å²) in [6.45, 7) is 2.11. The van der Waals surface area contributed by atoms with Gasteiger partial charge in [0.25, 0.3) is 5.69 Å². The number of rotatable bonds is 4. The molecule has 1 saturated carbocycles. The Morgan fingerprint density at radius 2 is 2.16 bits per heavy atom. The van der Waals surface area contributed by atoms with E-state index < -0.39 is 4.92 Å². The molecule has 1 N–H and O–H groups in total. The second kappa shape index (κ2) is 4.98. The van der Waals surface area contributed by atoms with Gasteiger partial charge in [0, 0.05) is 37.3 Å². The maximum Gasteiger partial charge on any atom is 0.271 e. The van der Waals surface area contributed by atoms with Crippen LogP contribution in [0.5, 0.6) is 0 Å².